The van der Waals surface area contributed by atoms with Crippen LogP contribution in [0.2, 0.25) is 0 Å². The van der Waals surface area contributed by atoms with E-state index in [9.17, 15) is 14.4 Å². The summed E-state index contributed by atoms with van der Waals surface area (Å²) in [5.74, 6) is -0.824. The van der Waals surface area contributed by atoms with E-state index in [1.54, 1.807) is 48.6 Å². The monoisotopic (exact) mass is 479 g/mol. The van der Waals surface area contributed by atoms with E-state index in [0.717, 1.165) is 29.1 Å². The Morgan fingerprint density at radius 2 is 2.03 bits per heavy atom. The number of hydrogen-bond acceptors (Lipinski definition) is 7. The summed E-state index contributed by atoms with van der Waals surface area (Å²) in [6, 6.07) is 12.1. The number of esters is 1. The molecule has 0 bridgehead atoms. The van der Waals surface area contributed by atoms with Crippen LogP contribution in [-0.2, 0) is 20.7 Å². The van der Waals surface area contributed by atoms with Gasteiger partial charge in [-0.15, -0.1) is 11.3 Å². The topological polar surface area (TPSA) is 97.8 Å². The van der Waals surface area contributed by atoms with Crippen molar-refractivity contribution in [3.63, 3.8) is 0 Å². The number of carbonyl (C=O) groups is 3. The molecule has 1 atom stereocenters. The van der Waals surface area contributed by atoms with Crippen molar-refractivity contribution in [3.8, 4) is 17.0 Å². The van der Waals surface area contributed by atoms with Gasteiger partial charge in [-0.05, 0) is 50.1 Å². The lowest BCUT2D eigenvalue weighted by Gasteiger charge is -2.33. The molecule has 3 aromatic rings. The second-order valence-corrected chi connectivity index (χ2v) is 8.77. The normalized spacial score (nSPS) is 14.9. The summed E-state index contributed by atoms with van der Waals surface area (Å²) >= 11 is 1.60. The Morgan fingerprint density at radius 3 is 2.79 bits per heavy atom. The number of benzene rings is 2. The van der Waals surface area contributed by atoms with E-state index >= 15 is 0 Å². The molecule has 2 amide bonds. The summed E-state index contributed by atoms with van der Waals surface area (Å²) in [5, 5.41) is 5.76. The standard InChI is InChI=1S/C25H25N3O5S/c1-4-7-23-27-19(14-34-23)16-10-11-21-20(12-16)28(24(30)15(2)33-21)13-22(29)26-18-9-6-5-8-17(18)25(31)32-3/h5-6,8-12,14-15H,4,7,13H2,1-3H3,(H,26,29). The van der Waals surface area contributed by atoms with Crippen molar-refractivity contribution >= 4 is 40.5 Å². The van der Waals surface area contributed by atoms with Crippen LogP contribution in [-0.4, -0.2) is 42.5 Å². The predicted molar refractivity (Wildman–Crippen MR) is 130 cm³/mol. The van der Waals surface area contributed by atoms with E-state index in [1.807, 2.05) is 17.5 Å². The quantitative estimate of drug-likeness (QED) is 0.508. The molecule has 0 spiro atoms. The van der Waals surface area contributed by atoms with Gasteiger partial charge in [0.25, 0.3) is 5.91 Å². The number of amides is 2. The molecule has 0 saturated carbocycles. The molecular formula is C25H25N3O5S. The lowest BCUT2D eigenvalue weighted by atomic mass is 10.1. The minimum Gasteiger partial charge on any atom is -0.479 e. The average molecular weight is 480 g/mol. The third-order valence-corrected chi connectivity index (χ3v) is 6.30. The van der Waals surface area contributed by atoms with Crippen molar-refractivity contribution in [3.05, 3.63) is 58.4 Å². The van der Waals surface area contributed by atoms with E-state index in [2.05, 4.69) is 17.2 Å². The molecule has 2 aromatic carbocycles. The first-order chi connectivity index (χ1) is 16.4. The SMILES string of the molecule is CCCc1nc(-c2ccc3c(c2)N(CC(=O)Nc2ccccc2C(=O)OC)C(=O)C(C)O3)cs1. The van der Waals surface area contributed by atoms with Crippen LogP contribution < -0.4 is 15.0 Å². The number of ether oxygens (including phenoxy) is 2. The van der Waals surface area contributed by atoms with Gasteiger partial charge in [0.15, 0.2) is 6.10 Å². The van der Waals surface area contributed by atoms with Gasteiger partial charge in [0.2, 0.25) is 5.91 Å². The third kappa shape index (κ3) is 4.79. The van der Waals surface area contributed by atoms with E-state index in [1.165, 1.54) is 12.0 Å². The molecule has 176 valence electrons. The van der Waals surface area contributed by atoms with Crippen LogP contribution in [0.25, 0.3) is 11.3 Å². The maximum atomic E-state index is 13.0. The second-order valence-electron chi connectivity index (χ2n) is 7.83. The van der Waals surface area contributed by atoms with Crippen molar-refractivity contribution in [1.29, 1.82) is 0 Å². The number of anilines is 2. The average Bonchev–Trinajstić information content (AvgIpc) is 3.30. The first-order valence-corrected chi connectivity index (χ1v) is 11.8. The molecule has 0 saturated heterocycles. The summed E-state index contributed by atoms with van der Waals surface area (Å²) in [4.78, 5) is 44.0. The Balaban J connectivity index is 1.60. The molecule has 8 nitrogen and oxygen atoms in total. The van der Waals surface area contributed by atoms with E-state index in [4.69, 9.17) is 9.47 Å². The highest BCUT2D eigenvalue weighted by Crippen LogP contribution is 2.38. The number of nitrogens with zero attached hydrogens (tertiary/aromatic N) is 2. The van der Waals surface area contributed by atoms with Crippen LogP contribution in [0.4, 0.5) is 11.4 Å². The largest absolute Gasteiger partial charge is 0.479 e. The molecule has 1 aliphatic rings. The highest BCUT2D eigenvalue weighted by Gasteiger charge is 2.33. The molecular weight excluding hydrogens is 454 g/mol. The number of thiazole rings is 1. The molecule has 9 heteroatoms. The lowest BCUT2D eigenvalue weighted by molar-refractivity contribution is -0.127. The number of rotatable bonds is 7. The Hall–Kier alpha value is -3.72. The van der Waals surface area contributed by atoms with Crippen molar-refractivity contribution in [2.45, 2.75) is 32.8 Å². The maximum absolute atomic E-state index is 13.0. The first-order valence-electron chi connectivity index (χ1n) is 10.9. The Labute approximate surface area is 201 Å². The summed E-state index contributed by atoms with van der Waals surface area (Å²) < 4.78 is 10.6. The minimum absolute atomic E-state index is 0.231. The fraction of sp³-hybridized carbons (Fsp3) is 0.280. The number of carbonyl (C=O) groups excluding carboxylic acids is 3. The molecule has 0 aliphatic carbocycles. The third-order valence-electron chi connectivity index (χ3n) is 5.39. The van der Waals surface area contributed by atoms with Gasteiger partial charge in [0.05, 0.1) is 34.7 Å². The van der Waals surface area contributed by atoms with Crippen LogP contribution in [0, 0.1) is 0 Å². The van der Waals surface area contributed by atoms with E-state index in [0.29, 0.717) is 17.1 Å². The molecule has 4 rings (SSSR count). The van der Waals surface area contributed by atoms with Crippen molar-refractivity contribution < 1.29 is 23.9 Å². The second kappa shape index (κ2) is 10.0. The fourth-order valence-corrected chi connectivity index (χ4v) is 4.62. The molecule has 34 heavy (non-hydrogen) atoms. The van der Waals surface area contributed by atoms with Crippen LogP contribution in [0.3, 0.4) is 0 Å². The molecule has 2 heterocycles. The van der Waals surface area contributed by atoms with Crippen LogP contribution in [0.15, 0.2) is 47.8 Å². The zero-order valence-corrected chi connectivity index (χ0v) is 20.0. The van der Waals surface area contributed by atoms with Gasteiger partial charge >= 0.3 is 5.97 Å². The van der Waals surface area contributed by atoms with Crippen molar-refractivity contribution in [2.24, 2.45) is 0 Å². The van der Waals surface area contributed by atoms with E-state index in [-0.39, 0.29) is 18.0 Å². The smallest absolute Gasteiger partial charge is 0.339 e. The van der Waals surface area contributed by atoms with Crippen molar-refractivity contribution in [2.75, 3.05) is 23.9 Å². The molecule has 1 aliphatic heterocycles. The highest BCUT2D eigenvalue weighted by molar-refractivity contribution is 7.09. The fourth-order valence-electron chi connectivity index (χ4n) is 3.72. The summed E-state index contributed by atoms with van der Waals surface area (Å²) in [6.45, 7) is 3.52. The van der Waals surface area contributed by atoms with Gasteiger partial charge in [-0.3, -0.25) is 14.5 Å². The summed E-state index contributed by atoms with van der Waals surface area (Å²) in [7, 11) is 1.27. The number of para-hydroxylation sites is 1. The number of hydrogen-bond donors (Lipinski definition) is 1. The minimum atomic E-state index is -0.732. The maximum Gasteiger partial charge on any atom is 0.339 e. The number of methoxy groups -OCH3 is 1. The lowest BCUT2D eigenvalue weighted by Crippen LogP contribution is -2.47. The molecule has 0 fully saturated rings. The first kappa shape index (κ1) is 23.4. The Bertz CT molecular complexity index is 1240. The predicted octanol–water partition coefficient (Wildman–Crippen LogP) is 4.30. The molecule has 1 N–H and O–H groups in total. The van der Waals surface area contributed by atoms with Gasteiger partial charge in [-0.2, -0.15) is 0 Å². The summed E-state index contributed by atoms with van der Waals surface area (Å²) in [5.41, 5.74) is 2.70. The number of fused-ring (bicyclic) bond motifs is 1. The van der Waals surface area contributed by atoms with Gasteiger partial charge in [0.1, 0.15) is 12.3 Å². The van der Waals surface area contributed by atoms with Crippen LogP contribution >= 0.6 is 11.3 Å². The van der Waals surface area contributed by atoms with Crippen molar-refractivity contribution in [1.82, 2.24) is 4.98 Å². The van der Waals surface area contributed by atoms with Crippen LogP contribution in [0.5, 0.6) is 5.75 Å². The van der Waals surface area contributed by atoms with Gasteiger partial charge in [0, 0.05) is 10.9 Å². The number of aromatic nitrogens is 1. The van der Waals surface area contributed by atoms with Gasteiger partial charge < -0.3 is 14.8 Å². The van der Waals surface area contributed by atoms with Gasteiger partial charge in [-0.1, -0.05) is 19.1 Å². The number of aryl methyl sites for hydroxylation is 1. The zero-order valence-electron chi connectivity index (χ0n) is 19.2. The number of nitrogens with one attached hydrogen (secondary N) is 1. The Kier molecular flexibility index (Phi) is 6.93. The summed E-state index contributed by atoms with van der Waals surface area (Å²) in [6.07, 6.45) is 1.19. The zero-order chi connectivity index (χ0) is 24.2. The molecule has 0 radical (unpaired) electrons. The Morgan fingerprint density at radius 1 is 1.24 bits per heavy atom. The molecule has 1 unspecified atom stereocenters. The van der Waals surface area contributed by atoms with Gasteiger partial charge in [-0.25, -0.2) is 9.78 Å². The van der Waals surface area contributed by atoms with E-state index < -0.39 is 18.0 Å². The highest BCUT2D eigenvalue weighted by atomic mass is 32.1. The molecule has 1 aromatic heterocycles. The van der Waals surface area contributed by atoms with Crippen LogP contribution in [0.1, 0.15) is 35.6 Å².